The third kappa shape index (κ3) is 10.5. The maximum Gasteiger partial charge on any atom is 0.106 e. The Kier molecular flexibility index (Phi) is 12.6. The van der Waals surface area contributed by atoms with Crippen LogP contribution in [-0.2, 0) is 9.59 Å². The van der Waals surface area contributed by atoms with Gasteiger partial charge in [-0.3, -0.25) is 0 Å². The Morgan fingerprint density at radius 3 is 1.15 bits per heavy atom. The van der Waals surface area contributed by atoms with Gasteiger partial charge in [0, 0.05) is 11.4 Å². The Labute approximate surface area is 120 Å². The van der Waals surface area contributed by atoms with Gasteiger partial charge in [-0.25, -0.2) is 0 Å². The molecule has 0 heterocycles. The van der Waals surface area contributed by atoms with E-state index in [1.165, 1.54) is 11.1 Å². The van der Waals surface area contributed by atoms with Crippen molar-refractivity contribution >= 4 is 25.0 Å². The minimum atomic E-state index is 0.838. The number of hydrogen-bond donors (Lipinski definition) is 2. The fourth-order valence-electron chi connectivity index (χ4n) is 1.34. The number of carbonyl (C=O) groups excluding carboxylic acids is 2. The Morgan fingerprint density at radius 2 is 1.00 bits per heavy atom. The maximum absolute atomic E-state index is 8.00. The van der Waals surface area contributed by atoms with Gasteiger partial charge >= 0.3 is 0 Å². The summed E-state index contributed by atoms with van der Waals surface area (Å²) in [5.74, 6) is 0. The molecule has 20 heavy (non-hydrogen) atoms. The highest BCUT2D eigenvalue weighted by Gasteiger charge is 1.81. The van der Waals surface area contributed by atoms with E-state index in [1.807, 2.05) is 76.0 Å². The second-order valence-corrected chi connectivity index (χ2v) is 3.83. The monoisotopic (exact) mass is 274 g/mol. The second-order valence-electron chi connectivity index (χ2n) is 3.83. The smallest absolute Gasteiger partial charge is 0.106 e. The molecule has 0 spiro atoms. The van der Waals surface area contributed by atoms with Gasteiger partial charge in [0.25, 0.3) is 0 Å². The Morgan fingerprint density at radius 1 is 0.700 bits per heavy atom. The molecule has 0 unspecified atom stereocenters. The number of aryl methyl sites for hydroxylation is 2. The summed E-state index contributed by atoms with van der Waals surface area (Å²) in [7, 11) is 0. The molecule has 2 rings (SSSR count). The largest absolute Gasteiger partial charge is 0.399 e. The molecule has 0 radical (unpaired) electrons. The van der Waals surface area contributed by atoms with Crippen LogP contribution < -0.4 is 11.5 Å². The van der Waals surface area contributed by atoms with Crippen LogP contribution in [0.15, 0.2) is 48.5 Å². The average molecular weight is 274 g/mol. The van der Waals surface area contributed by atoms with Crippen molar-refractivity contribution in [2.75, 3.05) is 11.5 Å². The number of carbonyl (C=O) groups is 2. The molecule has 0 bridgehead atoms. The normalized spacial score (nSPS) is 7.70. The molecule has 4 nitrogen and oxygen atoms in total. The zero-order valence-electron chi connectivity index (χ0n) is 12.0. The van der Waals surface area contributed by atoms with Gasteiger partial charge in [-0.05, 0) is 49.2 Å². The van der Waals surface area contributed by atoms with E-state index in [0.717, 1.165) is 11.4 Å². The van der Waals surface area contributed by atoms with Crippen LogP contribution in [0.5, 0.6) is 0 Å². The summed E-state index contributed by atoms with van der Waals surface area (Å²) in [5.41, 5.74) is 15.0. The molecule has 108 valence electrons. The van der Waals surface area contributed by atoms with E-state index in [-0.39, 0.29) is 0 Å². The van der Waals surface area contributed by atoms with E-state index in [2.05, 4.69) is 0 Å². The van der Waals surface area contributed by atoms with E-state index >= 15 is 0 Å². The van der Waals surface area contributed by atoms with Crippen molar-refractivity contribution in [2.45, 2.75) is 13.8 Å². The van der Waals surface area contributed by atoms with Gasteiger partial charge in [0.15, 0.2) is 0 Å². The lowest BCUT2D eigenvalue weighted by atomic mass is 10.2. The highest BCUT2D eigenvalue weighted by Crippen LogP contribution is 2.03. The Balaban J connectivity index is 0. The van der Waals surface area contributed by atoms with Crippen LogP contribution in [0.25, 0.3) is 0 Å². The molecule has 2 aromatic rings. The van der Waals surface area contributed by atoms with E-state index in [1.54, 1.807) is 0 Å². The number of benzene rings is 2. The summed E-state index contributed by atoms with van der Waals surface area (Å²) in [6, 6.07) is 15.6. The summed E-state index contributed by atoms with van der Waals surface area (Å²) >= 11 is 0. The molecule has 0 aromatic heterocycles. The van der Waals surface area contributed by atoms with E-state index in [9.17, 15) is 0 Å². The highest BCUT2D eigenvalue weighted by molar-refractivity contribution is 5.40. The first-order valence-corrected chi connectivity index (χ1v) is 5.80. The average Bonchev–Trinajstić information content (AvgIpc) is 2.43. The van der Waals surface area contributed by atoms with Crippen molar-refractivity contribution in [1.29, 1.82) is 0 Å². The van der Waals surface area contributed by atoms with Crippen LogP contribution in [-0.4, -0.2) is 13.6 Å². The van der Waals surface area contributed by atoms with Gasteiger partial charge < -0.3 is 21.1 Å². The van der Waals surface area contributed by atoms with Crippen molar-refractivity contribution in [3.8, 4) is 0 Å². The molecule has 0 atom stereocenters. The first-order chi connectivity index (χ1) is 9.58. The molecule has 0 aliphatic heterocycles. The summed E-state index contributed by atoms with van der Waals surface area (Å²) in [4.78, 5) is 16.0. The third-order valence-corrected chi connectivity index (χ3v) is 2.08. The predicted molar refractivity (Wildman–Crippen MR) is 85.4 cm³/mol. The van der Waals surface area contributed by atoms with Crippen LogP contribution in [0.3, 0.4) is 0 Å². The van der Waals surface area contributed by atoms with Gasteiger partial charge in [-0.2, -0.15) is 0 Å². The van der Waals surface area contributed by atoms with Gasteiger partial charge in [-0.15, -0.1) is 0 Å². The minimum Gasteiger partial charge on any atom is -0.399 e. The van der Waals surface area contributed by atoms with E-state index in [4.69, 9.17) is 21.1 Å². The quantitative estimate of drug-likeness (QED) is 0.723. The molecule has 4 N–H and O–H groups in total. The number of rotatable bonds is 0. The van der Waals surface area contributed by atoms with Crippen LogP contribution in [0.1, 0.15) is 11.1 Å². The molecule has 0 aliphatic rings. The standard InChI is InChI=1S/2C7H9N.2CH2O/c2*1-6-3-2-4-7(8)5-6;2*1-2/h2*2-5H,8H2,1H3;2*1H2. The lowest BCUT2D eigenvalue weighted by Gasteiger charge is -1.91. The molecule has 0 saturated carbocycles. The molecule has 0 amide bonds. The summed E-state index contributed by atoms with van der Waals surface area (Å²) in [5, 5.41) is 0. The molecule has 0 fully saturated rings. The maximum atomic E-state index is 8.00. The number of nitrogen functional groups attached to an aromatic ring is 2. The second kappa shape index (κ2) is 12.8. The van der Waals surface area contributed by atoms with Gasteiger partial charge in [0.2, 0.25) is 0 Å². The molecule has 0 saturated heterocycles. The third-order valence-electron chi connectivity index (χ3n) is 2.08. The van der Waals surface area contributed by atoms with Crippen LogP contribution in [0.4, 0.5) is 11.4 Å². The van der Waals surface area contributed by atoms with E-state index < -0.39 is 0 Å². The molecule has 2 aromatic carbocycles. The first-order valence-electron chi connectivity index (χ1n) is 5.80. The van der Waals surface area contributed by atoms with E-state index in [0.29, 0.717) is 0 Å². The highest BCUT2D eigenvalue weighted by atomic mass is 16.1. The summed E-state index contributed by atoms with van der Waals surface area (Å²) < 4.78 is 0. The first kappa shape index (κ1) is 19.7. The number of nitrogens with two attached hydrogens (primary N) is 2. The van der Waals surface area contributed by atoms with Crippen molar-refractivity contribution in [3.05, 3.63) is 59.7 Å². The fourth-order valence-corrected chi connectivity index (χ4v) is 1.34. The van der Waals surface area contributed by atoms with Gasteiger partial charge in [0.1, 0.15) is 13.6 Å². The Bertz CT molecular complexity index is 407. The summed E-state index contributed by atoms with van der Waals surface area (Å²) in [6.07, 6.45) is 0. The van der Waals surface area contributed by atoms with Crippen LogP contribution in [0.2, 0.25) is 0 Å². The van der Waals surface area contributed by atoms with Crippen molar-refractivity contribution in [1.82, 2.24) is 0 Å². The molecule has 0 aliphatic carbocycles. The topological polar surface area (TPSA) is 86.2 Å². The SMILES string of the molecule is C=O.C=O.Cc1cccc(N)c1.Cc1cccc(N)c1. The van der Waals surface area contributed by atoms with Gasteiger partial charge in [0.05, 0.1) is 0 Å². The van der Waals surface area contributed by atoms with Gasteiger partial charge in [-0.1, -0.05) is 24.3 Å². The zero-order chi connectivity index (χ0) is 16.0. The number of anilines is 2. The minimum absolute atomic E-state index is 0.838. The van der Waals surface area contributed by atoms with Crippen molar-refractivity contribution in [2.24, 2.45) is 0 Å². The lowest BCUT2D eigenvalue weighted by Crippen LogP contribution is -1.82. The van der Waals surface area contributed by atoms with Crippen LogP contribution >= 0.6 is 0 Å². The van der Waals surface area contributed by atoms with Crippen molar-refractivity contribution in [3.63, 3.8) is 0 Å². The summed E-state index contributed by atoms with van der Waals surface area (Å²) in [6.45, 7) is 8.05. The van der Waals surface area contributed by atoms with Crippen molar-refractivity contribution < 1.29 is 9.59 Å². The predicted octanol–water partition coefficient (Wildman–Crippen LogP) is 2.78. The number of hydrogen-bond acceptors (Lipinski definition) is 4. The lowest BCUT2D eigenvalue weighted by molar-refractivity contribution is -0.0987. The molecular weight excluding hydrogens is 252 g/mol. The molecule has 4 heteroatoms. The van der Waals surface area contributed by atoms with Crippen LogP contribution in [0, 0.1) is 13.8 Å². The Hall–Kier alpha value is -2.62. The molecular formula is C16H22N2O2. The zero-order valence-corrected chi connectivity index (χ0v) is 12.0. The fraction of sp³-hybridized carbons (Fsp3) is 0.125.